The first-order valence-electron chi connectivity index (χ1n) is 11.3. The molecule has 1 saturated heterocycles. The summed E-state index contributed by atoms with van der Waals surface area (Å²) in [6, 6.07) is 40.0. The maximum atomic E-state index is 7.49. The van der Waals surface area contributed by atoms with Crippen LogP contribution in [0, 0.1) is 6.92 Å². The van der Waals surface area contributed by atoms with Crippen LogP contribution in [0.4, 0.5) is 0 Å². The van der Waals surface area contributed by atoms with E-state index < -0.39 is 25.7 Å². The Bertz CT molecular complexity index is 1190. The number of hydrogen-bond acceptors (Lipinski definition) is 3. The molecule has 33 heavy (non-hydrogen) atoms. The minimum absolute atomic E-state index is 1.11. The van der Waals surface area contributed by atoms with Crippen LogP contribution in [-0.4, -0.2) is 25.7 Å². The quantitative estimate of drug-likeness (QED) is 0.415. The van der Waals surface area contributed by atoms with E-state index in [2.05, 4.69) is 117 Å². The average molecular weight is 485 g/mol. The molecule has 1 atom stereocenters. The number of hydrogen-bond donors (Lipinski definition) is 0. The second-order valence-electron chi connectivity index (χ2n) is 8.85. The lowest BCUT2D eigenvalue weighted by molar-refractivity contribution is 0.257. The van der Waals surface area contributed by atoms with Gasteiger partial charge >= 0.3 is 25.7 Å². The predicted octanol–water partition coefficient (Wildman–Crippen LogP) is 3.57. The Labute approximate surface area is 199 Å². The number of benzene rings is 4. The summed E-state index contributed by atoms with van der Waals surface area (Å²) >= 11 is 0. The summed E-state index contributed by atoms with van der Waals surface area (Å²) in [5, 5.41) is 4.50. The third-order valence-electron chi connectivity index (χ3n) is 6.03. The first-order valence-corrected chi connectivity index (χ1v) is 17.7. The maximum Gasteiger partial charge on any atom is 0.390 e. The molecule has 0 aliphatic carbocycles. The molecule has 1 heterocycles. The van der Waals surface area contributed by atoms with Crippen molar-refractivity contribution in [3.63, 3.8) is 0 Å². The molecule has 0 aromatic heterocycles. The van der Waals surface area contributed by atoms with Gasteiger partial charge in [-0.25, -0.2) is 0 Å². The van der Waals surface area contributed by atoms with Crippen molar-refractivity contribution in [3.8, 4) is 0 Å². The fourth-order valence-corrected chi connectivity index (χ4v) is 20.6. The van der Waals surface area contributed by atoms with E-state index in [1.807, 2.05) is 18.2 Å². The monoisotopic (exact) mass is 484 g/mol. The topological polar surface area (TPSA) is 27.7 Å². The van der Waals surface area contributed by atoms with Crippen LogP contribution in [0.1, 0.15) is 5.56 Å². The molecule has 6 heteroatoms. The van der Waals surface area contributed by atoms with Crippen molar-refractivity contribution in [3.05, 3.63) is 121 Å². The van der Waals surface area contributed by atoms with E-state index in [1.54, 1.807) is 0 Å². The van der Waals surface area contributed by atoms with Gasteiger partial charge in [0.15, 0.2) is 0 Å². The molecule has 0 bridgehead atoms. The molecule has 166 valence electrons. The van der Waals surface area contributed by atoms with E-state index in [1.165, 1.54) is 5.56 Å². The molecule has 1 aliphatic heterocycles. The summed E-state index contributed by atoms with van der Waals surface area (Å²) in [4.78, 5) is 0. The van der Waals surface area contributed by atoms with Gasteiger partial charge in [0.2, 0.25) is 0 Å². The van der Waals surface area contributed by atoms with Crippen molar-refractivity contribution in [2.75, 3.05) is 0 Å². The highest BCUT2D eigenvalue weighted by Gasteiger charge is 2.63. The van der Waals surface area contributed by atoms with Gasteiger partial charge in [-0.1, -0.05) is 115 Å². The smallest absolute Gasteiger partial charge is 0.390 e. The second kappa shape index (κ2) is 8.64. The van der Waals surface area contributed by atoms with Gasteiger partial charge in [0.1, 0.15) is 0 Å². The normalized spacial score (nSPS) is 21.4. The zero-order valence-electron chi connectivity index (χ0n) is 19.2. The molecule has 3 nitrogen and oxygen atoms in total. The van der Waals surface area contributed by atoms with Crippen LogP contribution in [-0.2, 0) is 12.3 Å². The third-order valence-corrected chi connectivity index (χ3v) is 19.1. The molecule has 0 spiro atoms. The van der Waals surface area contributed by atoms with Crippen molar-refractivity contribution >= 4 is 46.4 Å². The molecule has 0 N–H and O–H groups in total. The van der Waals surface area contributed by atoms with Crippen molar-refractivity contribution in [2.24, 2.45) is 0 Å². The molecule has 0 saturated carbocycles. The number of aryl methyl sites for hydroxylation is 1. The zero-order chi connectivity index (χ0) is 22.9. The van der Waals surface area contributed by atoms with Gasteiger partial charge in [0.05, 0.1) is 0 Å². The Hall–Kier alpha value is -2.59. The van der Waals surface area contributed by atoms with Crippen molar-refractivity contribution in [1.29, 1.82) is 0 Å². The fraction of sp³-hybridized carbons (Fsp3) is 0.111. The average Bonchev–Trinajstić information content (AvgIpc) is 2.85. The maximum absolute atomic E-state index is 7.49. The van der Waals surface area contributed by atoms with Gasteiger partial charge in [-0.3, -0.25) is 0 Å². The minimum atomic E-state index is -3.12. The highest BCUT2D eigenvalue weighted by molar-refractivity contribution is 7.11. The Morgan fingerprint density at radius 1 is 0.455 bits per heavy atom. The summed E-state index contributed by atoms with van der Waals surface area (Å²) in [5.74, 6) is 0. The van der Waals surface area contributed by atoms with Gasteiger partial charge in [0.25, 0.3) is 0 Å². The summed E-state index contributed by atoms with van der Waals surface area (Å²) in [6.07, 6.45) is 0. The molecule has 1 aliphatic rings. The third kappa shape index (κ3) is 3.99. The molecule has 4 aromatic rings. The SMILES string of the molecule is Cc1ccccc1[Si]1(c2ccccc2)O[Si](C)(C)O[Si](c2ccccc2)(c2ccccc2)O1. The van der Waals surface area contributed by atoms with Gasteiger partial charge in [-0.2, -0.15) is 0 Å². The van der Waals surface area contributed by atoms with Crippen LogP contribution in [0.5, 0.6) is 0 Å². The van der Waals surface area contributed by atoms with E-state index in [4.69, 9.17) is 12.3 Å². The summed E-state index contributed by atoms with van der Waals surface area (Å²) in [6.45, 7) is 6.47. The molecule has 4 aromatic carbocycles. The molecule has 1 unspecified atom stereocenters. The van der Waals surface area contributed by atoms with E-state index in [0.717, 1.165) is 20.7 Å². The highest BCUT2D eigenvalue weighted by atomic mass is 28.5. The van der Waals surface area contributed by atoms with Crippen LogP contribution >= 0.6 is 0 Å². The Morgan fingerprint density at radius 3 is 1.33 bits per heavy atom. The standard InChI is InChI=1S/C27H28O3Si3/c1-23-15-13-14-22-27(23)33(26-20-11-6-12-21-26)29-31(2,3)28-32(30-33,24-16-7-4-8-17-24)25-18-9-5-10-19-25/h4-22H,1-3H3. The van der Waals surface area contributed by atoms with Crippen LogP contribution in [0.15, 0.2) is 115 Å². The van der Waals surface area contributed by atoms with E-state index >= 15 is 0 Å². The van der Waals surface area contributed by atoms with E-state index in [-0.39, 0.29) is 0 Å². The molecular weight excluding hydrogens is 457 g/mol. The largest absolute Gasteiger partial charge is 0.409 e. The van der Waals surface area contributed by atoms with Crippen LogP contribution < -0.4 is 20.7 Å². The Morgan fingerprint density at radius 2 is 0.848 bits per heavy atom. The van der Waals surface area contributed by atoms with Crippen molar-refractivity contribution < 1.29 is 12.3 Å². The minimum Gasteiger partial charge on any atom is -0.409 e. The summed E-state index contributed by atoms with van der Waals surface area (Å²) in [5.41, 5.74) is 1.18. The van der Waals surface area contributed by atoms with Crippen LogP contribution in [0.2, 0.25) is 13.1 Å². The first kappa shape index (κ1) is 22.2. The van der Waals surface area contributed by atoms with Crippen molar-refractivity contribution in [1.82, 2.24) is 0 Å². The lowest BCUT2D eigenvalue weighted by Gasteiger charge is -2.52. The summed E-state index contributed by atoms with van der Waals surface area (Å²) in [7, 11) is -8.83. The molecule has 0 amide bonds. The molecule has 0 radical (unpaired) electrons. The van der Waals surface area contributed by atoms with Gasteiger partial charge in [0, 0.05) is 5.19 Å². The molecular formula is C27H28O3Si3. The van der Waals surface area contributed by atoms with Crippen molar-refractivity contribution in [2.45, 2.75) is 20.0 Å². The van der Waals surface area contributed by atoms with Gasteiger partial charge in [-0.05, 0) is 41.1 Å². The number of rotatable bonds is 4. The van der Waals surface area contributed by atoms with E-state index in [0.29, 0.717) is 0 Å². The highest BCUT2D eigenvalue weighted by Crippen LogP contribution is 2.31. The second-order valence-corrected chi connectivity index (χ2v) is 18.8. The lowest BCUT2D eigenvalue weighted by atomic mass is 10.2. The van der Waals surface area contributed by atoms with E-state index in [9.17, 15) is 0 Å². The predicted molar refractivity (Wildman–Crippen MR) is 141 cm³/mol. The zero-order valence-corrected chi connectivity index (χ0v) is 22.2. The van der Waals surface area contributed by atoms with Crippen LogP contribution in [0.3, 0.4) is 0 Å². The van der Waals surface area contributed by atoms with Gasteiger partial charge < -0.3 is 12.3 Å². The first-order chi connectivity index (χ1) is 16.0. The fourth-order valence-electron chi connectivity index (χ4n) is 4.66. The van der Waals surface area contributed by atoms with Crippen LogP contribution in [0.25, 0.3) is 0 Å². The lowest BCUT2D eigenvalue weighted by Crippen LogP contribution is -2.83. The molecule has 5 rings (SSSR count). The Balaban J connectivity index is 1.84. The molecule has 1 fully saturated rings. The van der Waals surface area contributed by atoms with Gasteiger partial charge in [-0.15, -0.1) is 0 Å². The Kier molecular flexibility index (Phi) is 5.82. The summed E-state index contributed by atoms with van der Waals surface area (Å²) < 4.78 is 21.6.